The Balaban J connectivity index is 1.07. The molecule has 1 saturated heterocycles. The first-order valence-corrected chi connectivity index (χ1v) is 15.1. The maximum atomic E-state index is 12.5. The molecule has 0 unspecified atom stereocenters. The fraction of sp³-hybridized carbons (Fsp3) is 0.353. The van der Waals surface area contributed by atoms with Crippen molar-refractivity contribution in [3.05, 3.63) is 90.5 Å². The number of hydrogen-bond donors (Lipinski definition) is 2. The van der Waals surface area contributed by atoms with Crippen molar-refractivity contribution in [2.75, 3.05) is 44.6 Å². The summed E-state index contributed by atoms with van der Waals surface area (Å²) in [4.78, 5) is 36.9. The third-order valence-corrected chi connectivity index (χ3v) is 7.22. The molecule has 0 aliphatic carbocycles. The van der Waals surface area contributed by atoms with Crippen LogP contribution in [0.4, 0.5) is 15.3 Å². The van der Waals surface area contributed by atoms with Gasteiger partial charge in [0.15, 0.2) is 0 Å². The number of amides is 3. The van der Waals surface area contributed by atoms with Crippen LogP contribution < -0.4 is 20.1 Å². The van der Waals surface area contributed by atoms with Gasteiger partial charge in [0.05, 0.1) is 17.9 Å². The quantitative estimate of drug-likeness (QED) is 0.242. The van der Waals surface area contributed by atoms with Crippen molar-refractivity contribution < 1.29 is 23.8 Å². The lowest BCUT2D eigenvalue weighted by molar-refractivity contribution is 0.0137. The SMILES string of the molecule is CC(C)(C)OC(=O)N1CCN(CCOc2ccc(COc3ccc(NC(=O)NCc4ccncn4)c4ccccc34)cc2)CC1. The van der Waals surface area contributed by atoms with Gasteiger partial charge in [-0.25, -0.2) is 19.6 Å². The van der Waals surface area contributed by atoms with Crippen LogP contribution in [0.3, 0.4) is 0 Å². The van der Waals surface area contributed by atoms with E-state index >= 15 is 0 Å². The van der Waals surface area contributed by atoms with Crippen LogP contribution in [-0.4, -0.2) is 76.8 Å². The van der Waals surface area contributed by atoms with Crippen molar-refractivity contribution in [3.63, 3.8) is 0 Å². The molecule has 0 spiro atoms. The lowest BCUT2D eigenvalue weighted by Crippen LogP contribution is -2.50. The topological polar surface area (TPSA) is 118 Å². The molecular weight excluding hydrogens is 572 g/mol. The molecule has 11 heteroatoms. The number of nitrogens with one attached hydrogen (secondary N) is 2. The molecule has 3 amide bonds. The first-order valence-electron chi connectivity index (χ1n) is 15.1. The fourth-order valence-electron chi connectivity index (χ4n) is 4.88. The number of carbonyl (C=O) groups excluding carboxylic acids is 2. The Kier molecular flexibility index (Phi) is 10.3. The Morgan fingerprint density at radius 3 is 2.36 bits per heavy atom. The van der Waals surface area contributed by atoms with Crippen molar-refractivity contribution in [2.45, 2.75) is 39.5 Å². The van der Waals surface area contributed by atoms with E-state index in [-0.39, 0.29) is 12.1 Å². The summed E-state index contributed by atoms with van der Waals surface area (Å²) < 4.78 is 17.6. The van der Waals surface area contributed by atoms with Gasteiger partial charge in [0.1, 0.15) is 36.6 Å². The summed E-state index contributed by atoms with van der Waals surface area (Å²) in [6.07, 6.45) is 2.84. The average molecular weight is 613 g/mol. The molecule has 11 nitrogen and oxygen atoms in total. The largest absolute Gasteiger partial charge is 0.492 e. The molecule has 0 bridgehead atoms. The number of hydrogen-bond acceptors (Lipinski definition) is 8. The first kappa shape index (κ1) is 31.5. The van der Waals surface area contributed by atoms with Gasteiger partial charge in [-0.05, 0) is 56.7 Å². The number of nitrogens with zero attached hydrogens (tertiary/aromatic N) is 4. The standard InChI is InChI=1S/C34H40N6O5/c1-34(2,3)45-33(42)40-18-16-39(17-19-40)20-21-43-27-10-8-25(9-11-27)23-44-31-13-12-30(28-6-4-5-7-29(28)31)38-32(41)36-22-26-14-15-35-24-37-26/h4-15,24H,16-23H2,1-3H3,(H2,36,38,41). The number of benzene rings is 3. The molecule has 1 aliphatic heterocycles. The van der Waals surface area contributed by atoms with E-state index in [0.29, 0.717) is 38.5 Å². The van der Waals surface area contributed by atoms with E-state index in [2.05, 4.69) is 25.5 Å². The van der Waals surface area contributed by atoms with Gasteiger partial charge in [0.25, 0.3) is 0 Å². The second-order valence-corrected chi connectivity index (χ2v) is 11.8. The van der Waals surface area contributed by atoms with E-state index in [9.17, 15) is 9.59 Å². The van der Waals surface area contributed by atoms with Gasteiger partial charge in [-0.1, -0.05) is 36.4 Å². The lowest BCUT2D eigenvalue weighted by Gasteiger charge is -2.35. The molecule has 0 atom stereocenters. The summed E-state index contributed by atoms with van der Waals surface area (Å²) in [6, 6.07) is 20.8. The molecule has 2 N–H and O–H groups in total. The van der Waals surface area contributed by atoms with E-state index < -0.39 is 5.60 Å². The molecule has 236 valence electrons. The third kappa shape index (κ3) is 9.29. The van der Waals surface area contributed by atoms with Crippen molar-refractivity contribution in [1.82, 2.24) is 25.1 Å². The van der Waals surface area contributed by atoms with E-state index in [1.54, 1.807) is 17.2 Å². The number of anilines is 1. The van der Waals surface area contributed by atoms with Crippen molar-refractivity contribution >= 4 is 28.6 Å². The number of piperazine rings is 1. The van der Waals surface area contributed by atoms with Crippen LogP contribution in [0.15, 0.2) is 79.3 Å². The van der Waals surface area contributed by atoms with Gasteiger partial charge < -0.3 is 29.7 Å². The molecule has 1 aliphatic rings. The van der Waals surface area contributed by atoms with Crippen LogP contribution in [0, 0.1) is 0 Å². The third-order valence-electron chi connectivity index (χ3n) is 7.22. The minimum Gasteiger partial charge on any atom is -0.492 e. The number of aromatic nitrogens is 2. The number of urea groups is 1. The summed E-state index contributed by atoms with van der Waals surface area (Å²) >= 11 is 0. The second kappa shape index (κ2) is 14.7. The molecule has 0 saturated carbocycles. The van der Waals surface area contributed by atoms with Gasteiger partial charge in [0, 0.05) is 49.7 Å². The van der Waals surface area contributed by atoms with Crippen molar-refractivity contribution in [3.8, 4) is 11.5 Å². The lowest BCUT2D eigenvalue weighted by atomic mass is 10.1. The van der Waals surface area contributed by atoms with Gasteiger partial charge in [0.2, 0.25) is 0 Å². The van der Waals surface area contributed by atoms with Gasteiger partial charge in [-0.3, -0.25) is 4.90 Å². The summed E-state index contributed by atoms with van der Waals surface area (Å²) in [5.41, 5.74) is 1.93. The van der Waals surface area contributed by atoms with Gasteiger partial charge >= 0.3 is 12.1 Å². The van der Waals surface area contributed by atoms with E-state index in [4.69, 9.17) is 14.2 Å². The van der Waals surface area contributed by atoms with Crippen LogP contribution in [0.25, 0.3) is 10.8 Å². The second-order valence-electron chi connectivity index (χ2n) is 11.8. The predicted molar refractivity (Wildman–Crippen MR) is 172 cm³/mol. The summed E-state index contributed by atoms with van der Waals surface area (Å²) in [5.74, 6) is 1.52. The van der Waals surface area contributed by atoms with Crippen molar-refractivity contribution in [1.29, 1.82) is 0 Å². The van der Waals surface area contributed by atoms with Crippen LogP contribution >= 0.6 is 0 Å². The minimum absolute atomic E-state index is 0.250. The molecule has 1 fully saturated rings. The smallest absolute Gasteiger partial charge is 0.410 e. The summed E-state index contributed by atoms with van der Waals surface area (Å²) in [5, 5.41) is 7.52. The van der Waals surface area contributed by atoms with Crippen LogP contribution in [0.2, 0.25) is 0 Å². The Labute approximate surface area is 263 Å². The Bertz CT molecular complexity index is 1570. The highest BCUT2D eigenvalue weighted by Gasteiger charge is 2.25. The first-order chi connectivity index (χ1) is 21.7. The molecule has 0 radical (unpaired) electrons. The zero-order chi connectivity index (χ0) is 31.6. The van der Waals surface area contributed by atoms with Crippen molar-refractivity contribution in [2.24, 2.45) is 0 Å². The van der Waals surface area contributed by atoms with Gasteiger partial charge in [-0.2, -0.15) is 0 Å². The Hall–Kier alpha value is -4.90. The normalized spacial score (nSPS) is 13.7. The van der Waals surface area contributed by atoms with E-state index in [1.165, 1.54) is 6.33 Å². The molecule has 4 aromatic rings. The average Bonchev–Trinajstić information content (AvgIpc) is 3.04. The minimum atomic E-state index is -0.484. The fourth-order valence-corrected chi connectivity index (χ4v) is 4.88. The summed E-state index contributed by atoms with van der Waals surface area (Å²) in [6.45, 7) is 10.6. The maximum absolute atomic E-state index is 12.5. The molecule has 2 heterocycles. The van der Waals surface area contributed by atoms with Crippen LogP contribution in [-0.2, 0) is 17.9 Å². The monoisotopic (exact) mass is 612 g/mol. The van der Waals surface area contributed by atoms with Gasteiger partial charge in [-0.15, -0.1) is 0 Å². The highest BCUT2D eigenvalue weighted by Crippen LogP contribution is 2.32. The zero-order valence-corrected chi connectivity index (χ0v) is 26.0. The molecular formula is C34H40N6O5. The van der Waals surface area contributed by atoms with E-state index in [1.807, 2.05) is 81.4 Å². The Morgan fingerprint density at radius 1 is 0.889 bits per heavy atom. The summed E-state index contributed by atoms with van der Waals surface area (Å²) in [7, 11) is 0. The van der Waals surface area contributed by atoms with E-state index in [0.717, 1.165) is 53.2 Å². The molecule has 1 aromatic heterocycles. The zero-order valence-electron chi connectivity index (χ0n) is 26.0. The Morgan fingerprint density at radius 2 is 1.64 bits per heavy atom. The molecule has 5 rings (SSSR count). The maximum Gasteiger partial charge on any atom is 0.410 e. The van der Waals surface area contributed by atoms with Crippen LogP contribution in [0.1, 0.15) is 32.0 Å². The number of ether oxygens (including phenoxy) is 3. The highest BCUT2D eigenvalue weighted by molar-refractivity contribution is 6.03. The highest BCUT2D eigenvalue weighted by atomic mass is 16.6. The number of carbonyl (C=O) groups is 2. The van der Waals surface area contributed by atoms with Crippen LogP contribution in [0.5, 0.6) is 11.5 Å². The molecule has 3 aromatic carbocycles. The number of fused-ring (bicyclic) bond motifs is 1. The number of rotatable bonds is 10. The molecule has 45 heavy (non-hydrogen) atoms. The predicted octanol–water partition coefficient (Wildman–Crippen LogP) is 5.46.